The van der Waals surface area contributed by atoms with E-state index in [0.717, 1.165) is 4.90 Å². The summed E-state index contributed by atoms with van der Waals surface area (Å²) in [6.07, 6.45) is 2.04. The molecule has 15 aliphatic rings. The lowest BCUT2D eigenvalue weighted by atomic mass is 9.53. The molecule has 4 amide bonds. The summed E-state index contributed by atoms with van der Waals surface area (Å²) >= 11 is 0. The maximum atomic E-state index is 16.2. The van der Waals surface area contributed by atoms with E-state index in [1.807, 2.05) is 0 Å². The van der Waals surface area contributed by atoms with Crippen molar-refractivity contribution in [1.82, 2.24) is 19.6 Å². The average molecular weight is 2030 g/mol. The molecule has 0 aromatic carbocycles. The van der Waals surface area contributed by atoms with E-state index in [2.05, 4.69) is 0 Å². The number of alkyl halides is 16. The van der Waals surface area contributed by atoms with Crippen molar-refractivity contribution in [3.63, 3.8) is 0 Å². The van der Waals surface area contributed by atoms with E-state index >= 15 is 52.7 Å². The van der Waals surface area contributed by atoms with Gasteiger partial charge in [0.05, 0.1) is 0 Å². The summed E-state index contributed by atoms with van der Waals surface area (Å²) in [6.45, 7) is 0.479. The Labute approximate surface area is 724 Å². The summed E-state index contributed by atoms with van der Waals surface area (Å²) in [5.41, 5.74) is -15.2. The van der Waals surface area contributed by atoms with E-state index in [-0.39, 0.29) is 141 Å². The number of hydrogen-bond donors (Lipinski definition) is 0. The Hall–Kier alpha value is -6.22. The Balaban J connectivity index is 0.000000222. The topological polar surface area (TPSA) is 484 Å². The van der Waals surface area contributed by atoms with Crippen molar-refractivity contribution in [2.45, 2.75) is 261 Å². The molecule has 15 fully saturated rings. The largest absolute Gasteiger partial charge is 0.498 e. The van der Waals surface area contributed by atoms with Crippen molar-refractivity contribution in [3.05, 3.63) is 0 Å². The maximum absolute atomic E-state index is 16.2. The zero-order valence-electron chi connectivity index (χ0n) is 68.0. The predicted molar refractivity (Wildman–Crippen MR) is 404 cm³/mol. The Morgan fingerprint density at radius 2 is 0.578 bits per heavy atom. The monoisotopic (exact) mass is 2020 g/mol. The molecule has 0 spiro atoms. The number of ketones is 3. The molecule has 12 saturated carbocycles. The fraction of sp³-hybridized carbons (Fsp3) is 0.859. The Morgan fingerprint density at radius 1 is 0.359 bits per heavy atom. The summed E-state index contributed by atoms with van der Waals surface area (Å²) in [5.74, 6) is -26.5. The van der Waals surface area contributed by atoms with Crippen LogP contribution in [0, 0.1) is 53.3 Å². The first-order valence-electron chi connectivity index (χ1n) is 40.8. The van der Waals surface area contributed by atoms with Crippen molar-refractivity contribution in [3.8, 4) is 0 Å². The fourth-order valence-corrected chi connectivity index (χ4v) is 39.1. The third-order valence-electron chi connectivity index (χ3n) is 25.9. The smallest absolute Gasteiger partial charge is 0.454 e. The number of Topliss-reactive ketones (excluding diaryl/α,β-unsaturated/α-hetero) is 3. The van der Waals surface area contributed by atoms with Crippen LogP contribution in [0.25, 0.3) is 0 Å². The molecular formula is C71H92F16N4O29S8. The van der Waals surface area contributed by atoms with Crippen LogP contribution in [0.3, 0.4) is 0 Å². The van der Waals surface area contributed by atoms with Gasteiger partial charge in [0, 0.05) is 87.9 Å². The van der Waals surface area contributed by atoms with Crippen LogP contribution >= 0.6 is 0 Å². The first-order valence-corrected chi connectivity index (χ1v) is 53.4. The van der Waals surface area contributed by atoms with Gasteiger partial charge in [-0.2, -0.15) is 65.9 Å². The Kier molecular flexibility index (Phi) is 29.1. The summed E-state index contributed by atoms with van der Waals surface area (Å²) in [7, 11) is -59.4. The number of likely N-dealkylation sites (tertiary alicyclic amines) is 3. The highest BCUT2D eigenvalue weighted by atomic mass is 32.3. The van der Waals surface area contributed by atoms with Gasteiger partial charge < -0.3 is 33.8 Å². The fourth-order valence-electron chi connectivity index (χ4n) is 20.1. The molecule has 12 aliphatic carbocycles. The number of rotatable bonds is 31. The van der Waals surface area contributed by atoms with Crippen molar-refractivity contribution in [2.75, 3.05) is 57.4 Å². The summed E-state index contributed by atoms with van der Waals surface area (Å²) in [4.78, 5) is 129. The van der Waals surface area contributed by atoms with E-state index in [1.165, 1.54) is 0 Å². The lowest BCUT2D eigenvalue weighted by Crippen LogP contribution is -2.63. The zero-order valence-corrected chi connectivity index (χ0v) is 74.6. The summed E-state index contributed by atoms with van der Waals surface area (Å²) in [5, 5.41) is -40.7. The van der Waals surface area contributed by atoms with Crippen molar-refractivity contribution in [2.24, 2.45) is 53.3 Å². The van der Waals surface area contributed by atoms with Gasteiger partial charge in [-0.15, -0.1) is 0 Å². The molecule has 3 saturated heterocycles. The molecule has 57 heteroatoms. The minimum Gasteiger partial charge on any atom is -0.454 e. The zero-order chi connectivity index (χ0) is 96.3. The van der Waals surface area contributed by atoms with Gasteiger partial charge in [0.2, 0.25) is 9.84 Å². The SMILES string of the molecule is CCCCN(CCCC)C(=O)C(F)S(=O)(=O)CS(=O)(=O)C(F)(F)F.O=C(N1CCCCC1)C(F)(F)S(=O)(=O)C(S(=O)(=O)C(F)(F)C(=O)N1CCCCC1)S(=O)(=O)C(F)(F)C(=O)N1CCCCC1.O=C1C2CC3CC1CC(OC(=O)C(F)(F)S(=O)(=O)C(S(=O)(=O)C(F)(F)C(=O)OC14CC5CC(C1)C(=O)C(C5)C4)S(=O)(=O)C(F)(F)C(=O)OC14CC5CC(C1)C(=O)C(C5)C4)(C3)C2. The van der Waals surface area contributed by atoms with Crippen LogP contribution in [0.15, 0.2) is 0 Å². The molecule has 7 unspecified atom stereocenters. The van der Waals surface area contributed by atoms with Gasteiger partial charge in [-0.3, -0.25) is 33.6 Å². The second kappa shape index (κ2) is 35.9. The van der Waals surface area contributed by atoms with Crippen LogP contribution in [0.5, 0.6) is 0 Å². The molecule has 0 aromatic rings. The second-order valence-corrected chi connectivity index (χ2v) is 53.8. The molecule has 0 aromatic heterocycles. The van der Waals surface area contributed by atoms with Crippen molar-refractivity contribution < 1.29 is 200 Å². The lowest BCUT2D eigenvalue weighted by molar-refractivity contribution is -0.201. The first-order chi connectivity index (χ1) is 58.4. The average Bonchev–Trinajstić information content (AvgIpc) is 0.698. The van der Waals surface area contributed by atoms with Crippen LogP contribution in [0.1, 0.15) is 194 Å². The molecular weight excluding hydrogens is 1930 g/mol. The van der Waals surface area contributed by atoms with E-state index in [4.69, 9.17) is 14.2 Å². The van der Waals surface area contributed by atoms with Gasteiger partial charge in [-0.05, 0) is 185 Å². The predicted octanol–water partition coefficient (Wildman–Crippen LogP) is 6.71. The van der Waals surface area contributed by atoms with E-state index in [1.54, 1.807) is 13.8 Å². The van der Waals surface area contributed by atoms with Gasteiger partial charge in [0.15, 0.2) is 5.08 Å². The number of carbonyl (C=O) groups is 10. The number of ether oxygens (including phenoxy) is 3. The number of nitrogens with zero attached hydrogens (tertiary/aromatic N) is 4. The first kappa shape index (κ1) is 104. The van der Waals surface area contributed by atoms with Crippen LogP contribution in [-0.2, 0) is 141 Å². The molecule has 3 aliphatic heterocycles. The van der Waals surface area contributed by atoms with Crippen LogP contribution in [-0.4, -0.2) is 270 Å². The third-order valence-corrected chi connectivity index (χ3v) is 47.4. The lowest BCUT2D eigenvalue weighted by Gasteiger charge is -2.54. The second-order valence-electron chi connectivity index (χ2n) is 35.2. The number of unbranched alkanes of at least 4 members (excludes halogenated alkanes) is 2. The van der Waals surface area contributed by atoms with E-state index in [9.17, 15) is 133 Å². The molecule has 3 heterocycles. The number of halogens is 16. The standard InChI is InChI=1S/C37H40F6O15S3.C22H31F6N3O9S3.C12H21F4NO5S2/c38-35(39,28(47)56-32-7-16-1-19(10-32)25(44)20(2-16)11-32)59(50,51)31(60(52,53)36(40,41)29(48)57-33-8-17-3-21(12-33)26(45)22(4-17)13-33)61(54,55)37(42,43)30(49)58-34-9-18-5-23(14-34)27(46)24(6-18)15-34;23-20(24,16(32)29-10-4-1-5-11-29)41(35,36)19(42(37,38)21(25,26)17(33)30-12-6-2-7-13-30)43(39,40)22(27,28)18(34)31-14-8-3-9-15-31;1-3-5-7-17(8-6-4-2)11(18)10(13)23(19,20)9-24(21,22)12(14,15)16/h16-24,31H,1-15H2;19H,1-15H2;10H,3-9H2,1-2H3. The highest BCUT2D eigenvalue weighted by molar-refractivity contribution is 8.26. The van der Waals surface area contributed by atoms with Crippen LogP contribution < -0.4 is 0 Å². The van der Waals surface area contributed by atoms with Gasteiger partial charge >= 0.3 is 72.7 Å². The van der Waals surface area contributed by atoms with Crippen LogP contribution in [0.2, 0.25) is 0 Å². The molecule has 15 rings (SSSR count). The van der Waals surface area contributed by atoms with Gasteiger partial charge in [-0.1, -0.05) is 26.7 Å². The molecule has 0 N–H and O–H groups in total. The number of sulfone groups is 8. The van der Waals surface area contributed by atoms with Gasteiger partial charge in [0.25, 0.3) is 88.1 Å². The van der Waals surface area contributed by atoms with E-state index < -0.39 is 324 Å². The molecule has 33 nitrogen and oxygen atoms in total. The van der Waals surface area contributed by atoms with Gasteiger partial charge in [0.1, 0.15) is 34.2 Å². The molecule has 0 radical (unpaired) electrons. The minimum atomic E-state index is -8.18. The number of amides is 4. The van der Waals surface area contributed by atoms with Crippen LogP contribution in [0.4, 0.5) is 70.2 Å². The normalized spacial score (nSPS) is 28.9. The third kappa shape index (κ3) is 18.7. The van der Waals surface area contributed by atoms with Gasteiger partial charge in [-0.25, -0.2) is 86.1 Å². The number of esters is 3. The summed E-state index contributed by atoms with van der Waals surface area (Å²) in [6, 6.07) is 0. The quantitative estimate of drug-likeness (QED) is 0.0395. The molecule has 7 atom stereocenters. The molecule has 128 heavy (non-hydrogen) atoms. The maximum Gasteiger partial charge on any atom is 0.498 e. The molecule has 12 bridgehead atoms. The molecule has 730 valence electrons. The number of piperidine rings is 3. The number of carbonyl (C=O) groups excluding carboxylic acids is 10. The van der Waals surface area contributed by atoms with Crippen molar-refractivity contribution in [1.29, 1.82) is 0 Å². The van der Waals surface area contributed by atoms with E-state index in [0.29, 0.717) is 44.9 Å². The highest BCUT2D eigenvalue weighted by Crippen LogP contribution is 2.60. The Bertz CT molecular complexity index is 4900. The minimum absolute atomic E-state index is 0.0390. The van der Waals surface area contributed by atoms with Crippen molar-refractivity contribution >= 4 is 138 Å². The highest BCUT2D eigenvalue weighted by Gasteiger charge is 2.80. The number of hydrogen-bond acceptors (Lipinski definition) is 29. The Morgan fingerprint density at radius 3 is 0.789 bits per heavy atom. The summed E-state index contributed by atoms with van der Waals surface area (Å²) < 4.78 is 451.